The fourth-order valence-corrected chi connectivity index (χ4v) is 5.10. The van der Waals surface area contributed by atoms with Gasteiger partial charge in [-0.15, -0.1) is 0 Å². The first-order chi connectivity index (χ1) is 13.3. The molecule has 4 aliphatic rings. The molecule has 5 heterocycles. The second kappa shape index (κ2) is 7.35. The van der Waals surface area contributed by atoms with Crippen molar-refractivity contribution in [2.45, 2.75) is 31.1 Å². The number of fused-ring (bicyclic) bond motifs is 1. The van der Waals surface area contributed by atoms with E-state index in [1.807, 2.05) is 28.3 Å². The SMILES string of the molecule is O=C1N(CC2CCNC2)CCN1C1NNC2CNC(c3cccnc3)CC21. The molecule has 0 aliphatic carbocycles. The summed E-state index contributed by atoms with van der Waals surface area (Å²) in [5.74, 6) is 0.999. The van der Waals surface area contributed by atoms with Gasteiger partial charge in [0.05, 0.1) is 0 Å². The van der Waals surface area contributed by atoms with Gasteiger partial charge in [-0.25, -0.2) is 10.2 Å². The molecule has 0 bridgehead atoms. The van der Waals surface area contributed by atoms with Crippen LogP contribution in [0.2, 0.25) is 0 Å². The minimum atomic E-state index is 0.0653. The number of nitrogens with zero attached hydrogens (tertiary/aromatic N) is 3. The van der Waals surface area contributed by atoms with Gasteiger partial charge in [0.15, 0.2) is 0 Å². The topological polar surface area (TPSA) is 84.6 Å². The Labute approximate surface area is 160 Å². The lowest BCUT2D eigenvalue weighted by molar-refractivity contribution is 0.139. The van der Waals surface area contributed by atoms with E-state index in [4.69, 9.17) is 0 Å². The van der Waals surface area contributed by atoms with Crippen molar-refractivity contribution in [3.8, 4) is 0 Å². The number of hydrogen-bond acceptors (Lipinski definition) is 6. The molecule has 27 heavy (non-hydrogen) atoms. The zero-order valence-electron chi connectivity index (χ0n) is 15.6. The Morgan fingerprint density at radius 3 is 3.00 bits per heavy atom. The standard InChI is InChI=1S/C19H29N7O/c27-19-25(12-13-3-5-21-9-13)6-7-26(19)18-15-8-16(14-2-1-4-20-10-14)22-11-17(15)23-24-18/h1-2,4,10,13,15-18,21-24H,3,5-9,11-12H2. The van der Waals surface area contributed by atoms with Crippen LogP contribution in [-0.2, 0) is 0 Å². The highest BCUT2D eigenvalue weighted by atomic mass is 16.2. The van der Waals surface area contributed by atoms with Gasteiger partial charge in [-0.2, -0.15) is 0 Å². The summed E-state index contributed by atoms with van der Waals surface area (Å²) in [6.07, 6.45) is 6.00. The number of carbonyl (C=O) groups is 1. The van der Waals surface area contributed by atoms with Crippen LogP contribution >= 0.6 is 0 Å². The number of piperidine rings is 1. The highest BCUT2D eigenvalue weighted by Crippen LogP contribution is 2.33. The molecule has 0 aromatic carbocycles. The van der Waals surface area contributed by atoms with Crippen LogP contribution in [0.5, 0.6) is 0 Å². The Hall–Kier alpha value is -1.74. The Bertz CT molecular complexity index is 665. The number of hydrogen-bond donors (Lipinski definition) is 4. The maximum absolute atomic E-state index is 13.0. The normalized spacial score (nSPS) is 36.4. The summed E-state index contributed by atoms with van der Waals surface area (Å²) >= 11 is 0. The van der Waals surface area contributed by atoms with Gasteiger partial charge >= 0.3 is 6.03 Å². The van der Waals surface area contributed by atoms with Crippen LogP contribution in [0, 0.1) is 11.8 Å². The molecule has 2 amide bonds. The van der Waals surface area contributed by atoms with Crippen LogP contribution in [-0.4, -0.2) is 72.3 Å². The van der Waals surface area contributed by atoms with E-state index in [9.17, 15) is 4.79 Å². The van der Waals surface area contributed by atoms with Crippen LogP contribution in [0.3, 0.4) is 0 Å². The molecule has 0 saturated carbocycles. The molecule has 5 unspecified atom stereocenters. The first kappa shape index (κ1) is 17.4. The third-order valence-electron chi connectivity index (χ3n) is 6.62. The molecule has 4 aliphatic heterocycles. The minimum Gasteiger partial charge on any atom is -0.323 e. The number of nitrogens with one attached hydrogen (secondary N) is 4. The Kier molecular flexibility index (Phi) is 4.73. The molecule has 4 N–H and O–H groups in total. The lowest BCUT2D eigenvalue weighted by atomic mass is 9.85. The van der Waals surface area contributed by atoms with Crippen molar-refractivity contribution in [3.05, 3.63) is 30.1 Å². The van der Waals surface area contributed by atoms with Gasteiger partial charge < -0.3 is 20.4 Å². The molecular formula is C19H29N7O. The molecular weight excluding hydrogens is 342 g/mol. The van der Waals surface area contributed by atoms with Crippen molar-refractivity contribution in [2.24, 2.45) is 11.8 Å². The second-order valence-corrected chi connectivity index (χ2v) is 8.27. The number of rotatable bonds is 4. The second-order valence-electron chi connectivity index (χ2n) is 8.27. The molecule has 8 heteroatoms. The summed E-state index contributed by atoms with van der Waals surface area (Å²) in [4.78, 5) is 21.4. The predicted molar refractivity (Wildman–Crippen MR) is 102 cm³/mol. The highest BCUT2D eigenvalue weighted by Gasteiger charge is 2.47. The summed E-state index contributed by atoms with van der Waals surface area (Å²) in [5.41, 5.74) is 8.06. The fraction of sp³-hybridized carbons (Fsp3) is 0.684. The molecule has 5 rings (SSSR count). The Balaban J connectivity index is 1.26. The first-order valence-electron chi connectivity index (χ1n) is 10.2. The average molecular weight is 371 g/mol. The highest BCUT2D eigenvalue weighted by molar-refractivity contribution is 5.77. The molecule has 1 aromatic rings. The van der Waals surface area contributed by atoms with Crippen LogP contribution in [0.25, 0.3) is 0 Å². The Morgan fingerprint density at radius 2 is 2.19 bits per heavy atom. The summed E-state index contributed by atoms with van der Waals surface area (Å²) in [6, 6.07) is 4.96. The van der Waals surface area contributed by atoms with Crippen molar-refractivity contribution in [1.29, 1.82) is 0 Å². The molecule has 4 saturated heterocycles. The quantitative estimate of drug-likeness (QED) is 0.591. The van der Waals surface area contributed by atoms with Crippen molar-refractivity contribution in [1.82, 2.24) is 36.3 Å². The lowest BCUT2D eigenvalue weighted by Gasteiger charge is -2.36. The third kappa shape index (κ3) is 3.31. The molecule has 0 spiro atoms. The van der Waals surface area contributed by atoms with Gasteiger partial charge in [0.25, 0.3) is 0 Å². The monoisotopic (exact) mass is 371 g/mol. The van der Waals surface area contributed by atoms with Gasteiger partial charge in [0.1, 0.15) is 6.17 Å². The number of pyridine rings is 1. The summed E-state index contributed by atoms with van der Waals surface area (Å²) < 4.78 is 0. The predicted octanol–water partition coefficient (Wildman–Crippen LogP) is -0.118. The van der Waals surface area contributed by atoms with Gasteiger partial charge in [-0.1, -0.05) is 6.07 Å². The largest absolute Gasteiger partial charge is 0.323 e. The number of aromatic nitrogens is 1. The van der Waals surface area contributed by atoms with E-state index >= 15 is 0 Å². The first-order valence-corrected chi connectivity index (χ1v) is 10.2. The van der Waals surface area contributed by atoms with E-state index < -0.39 is 0 Å². The maximum atomic E-state index is 13.0. The van der Waals surface area contributed by atoms with Crippen molar-refractivity contribution >= 4 is 6.03 Å². The molecule has 5 atom stereocenters. The smallest absolute Gasteiger partial charge is 0.321 e. The molecule has 1 aromatic heterocycles. The molecule has 146 valence electrons. The van der Waals surface area contributed by atoms with E-state index in [1.54, 1.807) is 0 Å². The third-order valence-corrected chi connectivity index (χ3v) is 6.62. The summed E-state index contributed by atoms with van der Waals surface area (Å²) in [5, 5.41) is 7.02. The van der Waals surface area contributed by atoms with E-state index in [-0.39, 0.29) is 12.2 Å². The fourth-order valence-electron chi connectivity index (χ4n) is 5.10. The maximum Gasteiger partial charge on any atom is 0.321 e. The van der Waals surface area contributed by atoms with E-state index in [0.29, 0.717) is 23.9 Å². The van der Waals surface area contributed by atoms with Gasteiger partial charge in [-0.3, -0.25) is 10.4 Å². The molecule has 0 radical (unpaired) electrons. The minimum absolute atomic E-state index is 0.0653. The van der Waals surface area contributed by atoms with Gasteiger partial charge in [-0.05, 0) is 43.5 Å². The number of amides is 2. The Morgan fingerprint density at radius 1 is 1.22 bits per heavy atom. The van der Waals surface area contributed by atoms with Gasteiger partial charge in [0.2, 0.25) is 0 Å². The van der Waals surface area contributed by atoms with Crippen LogP contribution in [0.1, 0.15) is 24.4 Å². The summed E-state index contributed by atoms with van der Waals surface area (Å²) in [7, 11) is 0. The van der Waals surface area contributed by atoms with Crippen LogP contribution < -0.4 is 21.5 Å². The van der Waals surface area contributed by atoms with Crippen molar-refractivity contribution in [2.75, 3.05) is 39.3 Å². The average Bonchev–Trinajstić information content (AvgIpc) is 3.44. The molecule has 8 nitrogen and oxygen atoms in total. The number of hydrazine groups is 1. The van der Waals surface area contributed by atoms with Crippen molar-refractivity contribution in [3.63, 3.8) is 0 Å². The van der Waals surface area contributed by atoms with E-state index in [2.05, 4.69) is 32.5 Å². The van der Waals surface area contributed by atoms with E-state index in [1.165, 1.54) is 12.0 Å². The summed E-state index contributed by atoms with van der Waals surface area (Å²) in [6.45, 7) is 5.55. The van der Waals surface area contributed by atoms with Crippen molar-refractivity contribution < 1.29 is 4.79 Å². The number of urea groups is 1. The molecule has 4 fully saturated rings. The van der Waals surface area contributed by atoms with Crippen LogP contribution in [0.15, 0.2) is 24.5 Å². The van der Waals surface area contributed by atoms with E-state index in [0.717, 1.165) is 45.7 Å². The zero-order chi connectivity index (χ0) is 18.2. The number of carbonyl (C=O) groups excluding carboxylic acids is 1. The van der Waals surface area contributed by atoms with Crippen LogP contribution in [0.4, 0.5) is 4.79 Å². The zero-order valence-corrected chi connectivity index (χ0v) is 15.6. The lowest BCUT2D eigenvalue weighted by Crippen LogP contribution is -2.51. The van der Waals surface area contributed by atoms with Gasteiger partial charge in [0, 0.05) is 56.6 Å².